The molecule has 0 aliphatic carbocycles. The first-order chi connectivity index (χ1) is 9.40. The van der Waals surface area contributed by atoms with Gasteiger partial charge in [-0.25, -0.2) is 8.78 Å². The number of benzene rings is 1. The van der Waals surface area contributed by atoms with E-state index in [4.69, 9.17) is 0 Å². The molecule has 1 aromatic carbocycles. The van der Waals surface area contributed by atoms with E-state index in [2.05, 4.69) is 15.9 Å². The highest BCUT2D eigenvalue weighted by Crippen LogP contribution is 2.26. The van der Waals surface area contributed by atoms with E-state index < -0.39 is 33.7 Å². The van der Waals surface area contributed by atoms with Crippen LogP contribution >= 0.6 is 15.9 Å². The number of nitro groups is 1. The fourth-order valence-electron chi connectivity index (χ4n) is 2.14. The molecule has 8 heteroatoms. The molecule has 1 atom stereocenters. The summed E-state index contributed by atoms with van der Waals surface area (Å²) < 4.78 is 26.3. The molecule has 0 saturated carbocycles. The molecule has 1 aliphatic rings. The summed E-state index contributed by atoms with van der Waals surface area (Å²) in [6, 6.07) is 1.03. The van der Waals surface area contributed by atoms with Crippen molar-refractivity contribution in [1.82, 2.24) is 4.90 Å². The molecule has 1 aromatic rings. The molecular formula is C12H11BrF2N2O3. The second-order valence-electron chi connectivity index (χ2n) is 4.53. The van der Waals surface area contributed by atoms with E-state index in [0.717, 1.165) is 12.8 Å². The van der Waals surface area contributed by atoms with Crippen LogP contribution in [0.15, 0.2) is 12.1 Å². The van der Waals surface area contributed by atoms with Gasteiger partial charge in [0.05, 0.1) is 11.0 Å². The van der Waals surface area contributed by atoms with Gasteiger partial charge in [0.1, 0.15) is 5.56 Å². The summed E-state index contributed by atoms with van der Waals surface area (Å²) in [5, 5.41) is 10.9. The number of carbonyl (C=O) groups excluding carboxylic acids is 1. The van der Waals surface area contributed by atoms with E-state index in [-0.39, 0.29) is 4.83 Å². The predicted molar refractivity (Wildman–Crippen MR) is 70.9 cm³/mol. The molecule has 108 valence electrons. The molecule has 1 heterocycles. The van der Waals surface area contributed by atoms with Crippen molar-refractivity contribution in [2.45, 2.75) is 17.7 Å². The fraction of sp³-hybridized carbons (Fsp3) is 0.417. The Hall–Kier alpha value is -1.57. The van der Waals surface area contributed by atoms with Crippen LogP contribution in [0.5, 0.6) is 0 Å². The molecule has 0 aromatic heterocycles. The molecule has 5 nitrogen and oxygen atoms in total. The Balaban J connectivity index is 2.38. The molecule has 1 unspecified atom stereocenters. The van der Waals surface area contributed by atoms with Gasteiger partial charge in [0, 0.05) is 17.9 Å². The second-order valence-corrected chi connectivity index (χ2v) is 5.83. The summed E-state index contributed by atoms with van der Waals surface area (Å²) in [6.07, 6.45) is 1.64. The normalized spacial score (nSPS) is 18.9. The van der Waals surface area contributed by atoms with Gasteiger partial charge in [0.2, 0.25) is 0 Å². The maximum Gasteiger partial charge on any atom is 0.285 e. The molecule has 0 spiro atoms. The van der Waals surface area contributed by atoms with Crippen molar-refractivity contribution in [3.8, 4) is 0 Å². The fourth-order valence-corrected chi connectivity index (χ4v) is 2.81. The van der Waals surface area contributed by atoms with E-state index in [9.17, 15) is 23.7 Å². The summed E-state index contributed by atoms with van der Waals surface area (Å²) in [5.74, 6) is -3.27. The molecule has 1 aliphatic heterocycles. The molecule has 0 N–H and O–H groups in total. The van der Waals surface area contributed by atoms with Gasteiger partial charge < -0.3 is 4.90 Å². The van der Waals surface area contributed by atoms with Gasteiger partial charge in [0.15, 0.2) is 11.6 Å². The van der Waals surface area contributed by atoms with Crippen LogP contribution in [0.2, 0.25) is 0 Å². The summed E-state index contributed by atoms with van der Waals surface area (Å²) in [6.45, 7) is 0.825. The third-order valence-corrected chi connectivity index (χ3v) is 3.86. The lowest BCUT2D eigenvalue weighted by Crippen LogP contribution is -2.40. The van der Waals surface area contributed by atoms with Crippen molar-refractivity contribution in [3.63, 3.8) is 0 Å². The van der Waals surface area contributed by atoms with Crippen molar-refractivity contribution in [1.29, 1.82) is 0 Å². The number of alkyl halides is 1. The number of hydrogen-bond donors (Lipinski definition) is 0. The van der Waals surface area contributed by atoms with Crippen molar-refractivity contribution in [2.75, 3.05) is 13.1 Å². The number of nitrogens with zero attached hydrogens (tertiary/aromatic N) is 2. The van der Waals surface area contributed by atoms with Gasteiger partial charge in [-0.2, -0.15) is 0 Å². The zero-order chi connectivity index (χ0) is 14.9. The highest BCUT2D eigenvalue weighted by molar-refractivity contribution is 9.09. The van der Waals surface area contributed by atoms with Crippen LogP contribution in [-0.2, 0) is 0 Å². The average Bonchev–Trinajstić information content (AvgIpc) is 2.40. The SMILES string of the molecule is O=C(c1cc(F)c(F)cc1[N+](=O)[O-])N1CCCC(Br)C1. The number of halogens is 3. The predicted octanol–water partition coefficient (Wildman–Crippen LogP) is 2.87. The minimum atomic E-state index is -1.34. The summed E-state index contributed by atoms with van der Waals surface area (Å²) in [5.41, 5.74) is -1.14. The average molecular weight is 349 g/mol. The molecule has 1 saturated heterocycles. The van der Waals surface area contributed by atoms with Gasteiger partial charge >= 0.3 is 0 Å². The minimum absolute atomic E-state index is 0.101. The number of hydrogen-bond acceptors (Lipinski definition) is 3. The van der Waals surface area contributed by atoms with Gasteiger partial charge in [-0.15, -0.1) is 0 Å². The van der Waals surface area contributed by atoms with Crippen LogP contribution < -0.4 is 0 Å². The Labute approximate surface area is 121 Å². The lowest BCUT2D eigenvalue weighted by Gasteiger charge is -2.29. The minimum Gasteiger partial charge on any atom is -0.337 e. The number of carbonyl (C=O) groups is 1. The molecular weight excluding hydrogens is 338 g/mol. The highest BCUT2D eigenvalue weighted by Gasteiger charge is 2.29. The number of piperidine rings is 1. The van der Waals surface area contributed by atoms with E-state index in [1.807, 2.05) is 0 Å². The number of rotatable bonds is 2. The van der Waals surface area contributed by atoms with Crippen LogP contribution in [0, 0.1) is 21.7 Å². The highest BCUT2D eigenvalue weighted by atomic mass is 79.9. The summed E-state index contributed by atoms with van der Waals surface area (Å²) in [4.78, 5) is 23.7. The maximum absolute atomic E-state index is 13.2. The molecule has 20 heavy (non-hydrogen) atoms. The monoisotopic (exact) mass is 348 g/mol. The van der Waals surface area contributed by atoms with E-state index in [1.165, 1.54) is 4.90 Å². The first-order valence-corrected chi connectivity index (χ1v) is 6.88. The van der Waals surface area contributed by atoms with Gasteiger partial charge in [0.25, 0.3) is 11.6 Å². The molecule has 1 fully saturated rings. The van der Waals surface area contributed by atoms with Gasteiger partial charge in [-0.1, -0.05) is 15.9 Å². The summed E-state index contributed by atoms with van der Waals surface area (Å²) in [7, 11) is 0. The maximum atomic E-state index is 13.2. The Morgan fingerprint density at radius 3 is 2.65 bits per heavy atom. The van der Waals surface area contributed by atoms with Crippen molar-refractivity contribution >= 4 is 27.5 Å². The van der Waals surface area contributed by atoms with Crippen molar-refractivity contribution in [2.24, 2.45) is 0 Å². The lowest BCUT2D eigenvalue weighted by molar-refractivity contribution is -0.385. The second kappa shape index (κ2) is 5.82. The van der Waals surface area contributed by atoms with Crippen molar-refractivity contribution in [3.05, 3.63) is 39.4 Å². The van der Waals surface area contributed by atoms with Crippen LogP contribution in [-0.4, -0.2) is 33.6 Å². The Kier molecular flexibility index (Phi) is 4.32. The van der Waals surface area contributed by atoms with Crippen LogP contribution in [0.1, 0.15) is 23.2 Å². The topological polar surface area (TPSA) is 63.4 Å². The number of nitro benzene ring substituents is 1. The third-order valence-electron chi connectivity index (χ3n) is 3.12. The van der Waals surface area contributed by atoms with Gasteiger partial charge in [-0.3, -0.25) is 14.9 Å². The smallest absolute Gasteiger partial charge is 0.285 e. The van der Waals surface area contributed by atoms with Crippen molar-refractivity contribution < 1.29 is 18.5 Å². The third kappa shape index (κ3) is 2.95. The van der Waals surface area contributed by atoms with Crippen LogP contribution in [0.4, 0.5) is 14.5 Å². The first-order valence-electron chi connectivity index (χ1n) is 5.97. The Morgan fingerprint density at radius 2 is 2.05 bits per heavy atom. The largest absolute Gasteiger partial charge is 0.337 e. The molecule has 0 bridgehead atoms. The van der Waals surface area contributed by atoms with E-state index in [1.54, 1.807) is 0 Å². The lowest BCUT2D eigenvalue weighted by atomic mass is 10.1. The van der Waals surface area contributed by atoms with E-state index in [0.29, 0.717) is 25.2 Å². The standard InChI is InChI=1S/C12H11BrF2N2O3/c13-7-2-1-3-16(6-7)12(18)8-4-9(14)10(15)5-11(8)17(19)20/h4-5,7H,1-3,6H2. The Bertz CT molecular complexity index is 568. The molecule has 2 rings (SSSR count). The van der Waals surface area contributed by atoms with Gasteiger partial charge in [-0.05, 0) is 18.9 Å². The molecule has 1 amide bonds. The first kappa shape index (κ1) is 14.8. The zero-order valence-corrected chi connectivity index (χ0v) is 11.9. The zero-order valence-electron chi connectivity index (χ0n) is 10.3. The summed E-state index contributed by atoms with van der Waals surface area (Å²) >= 11 is 3.38. The van der Waals surface area contributed by atoms with Crippen LogP contribution in [0.25, 0.3) is 0 Å². The van der Waals surface area contributed by atoms with E-state index >= 15 is 0 Å². The number of likely N-dealkylation sites (tertiary alicyclic amines) is 1. The molecule has 0 radical (unpaired) electrons. The van der Waals surface area contributed by atoms with Crippen LogP contribution in [0.3, 0.4) is 0 Å². The number of amides is 1. The quantitative estimate of drug-likeness (QED) is 0.469. The Morgan fingerprint density at radius 1 is 1.40 bits per heavy atom.